The van der Waals surface area contributed by atoms with E-state index in [1.807, 2.05) is 6.07 Å². The molecule has 31 heavy (non-hydrogen) atoms. The van der Waals surface area contributed by atoms with Crippen molar-refractivity contribution in [1.82, 2.24) is 15.0 Å². The highest BCUT2D eigenvalue weighted by Gasteiger charge is 2.26. The van der Waals surface area contributed by atoms with Crippen LogP contribution in [0.25, 0.3) is 0 Å². The Labute approximate surface area is 185 Å². The fourth-order valence-electron chi connectivity index (χ4n) is 3.25. The van der Waals surface area contributed by atoms with E-state index in [-0.39, 0.29) is 23.1 Å². The molecule has 3 heterocycles. The summed E-state index contributed by atoms with van der Waals surface area (Å²) in [5.41, 5.74) is 2.21. The Morgan fingerprint density at radius 1 is 1.26 bits per heavy atom. The maximum atomic E-state index is 12.2. The van der Waals surface area contributed by atoms with Crippen LogP contribution in [0, 0.1) is 0 Å². The van der Waals surface area contributed by atoms with Crippen molar-refractivity contribution in [3.8, 4) is 0 Å². The number of unbranched alkanes of at least 4 members (excludes halogenated alkanes) is 1. The maximum absolute atomic E-state index is 12.2. The molecule has 0 fully saturated rings. The molecule has 11 heteroatoms. The van der Waals surface area contributed by atoms with Crippen LogP contribution in [0.5, 0.6) is 0 Å². The average molecular weight is 467 g/mol. The van der Waals surface area contributed by atoms with Crippen molar-refractivity contribution in [3.05, 3.63) is 40.9 Å². The van der Waals surface area contributed by atoms with Crippen molar-refractivity contribution in [1.29, 1.82) is 0 Å². The van der Waals surface area contributed by atoms with Gasteiger partial charge in [0, 0.05) is 25.2 Å². The molecule has 1 aliphatic heterocycles. The van der Waals surface area contributed by atoms with Gasteiger partial charge in [-0.25, -0.2) is 13.4 Å². The molecule has 0 spiro atoms. The standard InChI is InChI=1S/C20H26N4O5S2/c25-17(7-2-1-6-15-10-9-14-5-3-11-21-19(14)23-15)22-13-16(20(26)27)24-31(28,29)18-8-4-12-30-18/h4,8-10,12,16,24H,1-3,5-7,11,13H2,(H,21,23)(H,22,25)(H,26,27)/t16-/m0/s1. The van der Waals surface area contributed by atoms with Crippen molar-refractivity contribution in [3.63, 3.8) is 0 Å². The number of aliphatic carboxylic acids is 1. The van der Waals surface area contributed by atoms with Crippen LogP contribution in [-0.4, -0.2) is 49.5 Å². The molecular formula is C20H26N4O5S2. The number of hydrogen-bond donors (Lipinski definition) is 4. The molecular weight excluding hydrogens is 440 g/mol. The molecule has 0 saturated heterocycles. The van der Waals surface area contributed by atoms with E-state index in [1.165, 1.54) is 11.6 Å². The lowest BCUT2D eigenvalue weighted by atomic mass is 10.1. The lowest BCUT2D eigenvalue weighted by molar-refractivity contribution is -0.138. The van der Waals surface area contributed by atoms with E-state index in [0.717, 1.165) is 55.1 Å². The molecule has 168 valence electrons. The number of fused-ring (bicyclic) bond motifs is 1. The third-order valence-corrected chi connectivity index (χ3v) is 7.77. The summed E-state index contributed by atoms with van der Waals surface area (Å²) in [4.78, 5) is 28.1. The van der Waals surface area contributed by atoms with Crippen molar-refractivity contribution in [2.24, 2.45) is 0 Å². The van der Waals surface area contributed by atoms with Gasteiger partial charge in [-0.05, 0) is 55.2 Å². The second-order valence-electron chi connectivity index (χ2n) is 7.30. The zero-order valence-corrected chi connectivity index (χ0v) is 18.6. The van der Waals surface area contributed by atoms with Crippen LogP contribution < -0.4 is 15.4 Å². The number of carbonyl (C=O) groups is 2. The Kier molecular flexibility index (Phi) is 7.99. The van der Waals surface area contributed by atoms with E-state index in [0.29, 0.717) is 6.42 Å². The Morgan fingerprint density at radius 3 is 2.84 bits per heavy atom. The second-order valence-corrected chi connectivity index (χ2v) is 10.2. The molecule has 3 rings (SSSR count). The summed E-state index contributed by atoms with van der Waals surface area (Å²) >= 11 is 0.987. The van der Waals surface area contributed by atoms with Gasteiger partial charge in [0.1, 0.15) is 16.1 Å². The SMILES string of the molecule is O=C(CCCCc1ccc2c(n1)NCCC2)NC[C@H](NS(=O)(=O)c1cccs1)C(=O)O. The summed E-state index contributed by atoms with van der Waals surface area (Å²) in [6.07, 6.45) is 4.52. The molecule has 1 aliphatic rings. The van der Waals surface area contributed by atoms with Gasteiger partial charge in [0.2, 0.25) is 5.91 Å². The van der Waals surface area contributed by atoms with Gasteiger partial charge in [0.25, 0.3) is 10.0 Å². The molecule has 1 amide bonds. The van der Waals surface area contributed by atoms with Gasteiger partial charge >= 0.3 is 5.97 Å². The monoisotopic (exact) mass is 466 g/mol. The number of aromatic nitrogens is 1. The molecule has 2 aromatic heterocycles. The first-order valence-corrected chi connectivity index (χ1v) is 12.5. The zero-order chi connectivity index (χ0) is 22.3. The molecule has 0 unspecified atom stereocenters. The number of carboxylic acids is 1. The number of aryl methyl sites for hydroxylation is 2. The summed E-state index contributed by atoms with van der Waals surface area (Å²) in [6.45, 7) is 0.612. The minimum Gasteiger partial charge on any atom is -0.480 e. The minimum absolute atomic E-state index is 0.0241. The summed E-state index contributed by atoms with van der Waals surface area (Å²) in [5, 5.41) is 16.7. The van der Waals surface area contributed by atoms with Crippen LogP contribution in [0.4, 0.5) is 5.82 Å². The van der Waals surface area contributed by atoms with E-state index >= 15 is 0 Å². The first-order valence-electron chi connectivity index (χ1n) is 10.1. The number of hydrogen-bond acceptors (Lipinski definition) is 7. The predicted octanol–water partition coefficient (Wildman–Crippen LogP) is 1.76. The van der Waals surface area contributed by atoms with Crippen molar-refractivity contribution < 1.29 is 23.1 Å². The number of amides is 1. The Morgan fingerprint density at radius 2 is 2.10 bits per heavy atom. The molecule has 0 bridgehead atoms. The molecule has 0 aliphatic carbocycles. The maximum Gasteiger partial charge on any atom is 0.323 e. The molecule has 4 N–H and O–H groups in total. The fourth-order valence-corrected chi connectivity index (χ4v) is 5.44. The minimum atomic E-state index is -3.94. The summed E-state index contributed by atoms with van der Waals surface area (Å²) in [5.74, 6) is -0.722. The molecule has 0 radical (unpaired) electrons. The van der Waals surface area contributed by atoms with Gasteiger partial charge in [-0.1, -0.05) is 12.1 Å². The van der Waals surface area contributed by atoms with Crippen molar-refractivity contribution in [2.75, 3.05) is 18.4 Å². The van der Waals surface area contributed by atoms with Crippen LogP contribution in [-0.2, 0) is 32.5 Å². The zero-order valence-electron chi connectivity index (χ0n) is 17.0. The number of carboxylic acid groups (broad SMARTS) is 1. The van der Waals surface area contributed by atoms with Crippen LogP contribution in [0.15, 0.2) is 33.9 Å². The molecule has 2 aromatic rings. The average Bonchev–Trinajstić information content (AvgIpc) is 3.30. The van der Waals surface area contributed by atoms with Crippen LogP contribution in [0.1, 0.15) is 36.9 Å². The van der Waals surface area contributed by atoms with Gasteiger partial charge in [-0.3, -0.25) is 9.59 Å². The van der Waals surface area contributed by atoms with Crippen LogP contribution >= 0.6 is 11.3 Å². The highest BCUT2D eigenvalue weighted by molar-refractivity contribution is 7.91. The molecule has 0 saturated carbocycles. The van der Waals surface area contributed by atoms with Gasteiger partial charge in [-0.15, -0.1) is 11.3 Å². The third-order valence-electron chi connectivity index (χ3n) is 4.90. The molecule has 9 nitrogen and oxygen atoms in total. The number of pyridine rings is 1. The van der Waals surface area contributed by atoms with E-state index < -0.39 is 22.0 Å². The highest BCUT2D eigenvalue weighted by atomic mass is 32.2. The van der Waals surface area contributed by atoms with E-state index in [1.54, 1.807) is 11.4 Å². The van der Waals surface area contributed by atoms with Gasteiger partial charge in [-0.2, -0.15) is 4.72 Å². The summed E-state index contributed by atoms with van der Waals surface area (Å²) in [6, 6.07) is 5.62. The third kappa shape index (κ3) is 6.74. The van der Waals surface area contributed by atoms with Crippen LogP contribution in [0.2, 0.25) is 0 Å². The number of rotatable bonds is 11. The largest absolute Gasteiger partial charge is 0.480 e. The molecule has 1 atom stereocenters. The first kappa shape index (κ1) is 23.2. The Hall–Kier alpha value is -2.50. The second kappa shape index (κ2) is 10.7. The van der Waals surface area contributed by atoms with Crippen molar-refractivity contribution in [2.45, 2.75) is 48.8 Å². The Balaban J connectivity index is 1.40. The lowest BCUT2D eigenvalue weighted by Gasteiger charge is -2.17. The highest BCUT2D eigenvalue weighted by Crippen LogP contribution is 2.20. The quantitative estimate of drug-likeness (QED) is 0.370. The predicted molar refractivity (Wildman–Crippen MR) is 118 cm³/mol. The number of nitrogens with one attached hydrogen (secondary N) is 3. The van der Waals surface area contributed by atoms with E-state index in [4.69, 9.17) is 0 Å². The van der Waals surface area contributed by atoms with E-state index in [9.17, 15) is 23.1 Å². The summed E-state index contributed by atoms with van der Waals surface area (Å²) < 4.78 is 26.5. The summed E-state index contributed by atoms with van der Waals surface area (Å²) in [7, 11) is -3.94. The van der Waals surface area contributed by atoms with Gasteiger partial charge in [0.15, 0.2) is 0 Å². The number of anilines is 1. The topological polar surface area (TPSA) is 137 Å². The number of nitrogens with zero attached hydrogens (tertiary/aromatic N) is 1. The van der Waals surface area contributed by atoms with Crippen LogP contribution in [0.3, 0.4) is 0 Å². The number of sulfonamides is 1. The lowest BCUT2D eigenvalue weighted by Crippen LogP contribution is -2.48. The fraction of sp³-hybridized carbons (Fsp3) is 0.450. The van der Waals surface area contributed by atoms with Gasteiger partial charge in [0.05, 0.1) is 0 Å². The molecule has 0 aromatic carbocycles. The number of thiophene rings is 1. The Bertz CT molecular complexity index is 1010. The smallest absolute Gasteiger partial charge is 0.323 e. The van der Waals surface area contributed by atoms with Crippen molar-refractivity contribution >= 4 is 39.1 Å². The first-order chi connectivity index (χ1) is 14.8. The number of carbonyl (C=O) groups excluding carboxylic acids is 1. The van der Waals surface area contributed by atoms with E-state index in [2.05, 4.69) is 26.4 Å². The van der Waals surface area contributed by atoms with Gasteiger partial charge < -0.3 is 15.7 Å². The normalized spacial score (nSPS) is 14.3.